The second-order valence-corrected chi connectivity index (χ2v) is 8.07. The molecule has 2 unspecified atom stereocenters. The minimum absolute atomic E-state index is 0.165. The number of carbonyl (C=O) groups is 2. The van der Waals surface area contributed by atoms with Crippen LogP contribution in [0.15, 0.2) is 18.2 Å². The Balaban J connectivity index is 2.86. The Morgan fingerprint density at radius 2 is 1.33 bits per heavy atom. The van der Waals surface area contributed by atoms with Crippen molar-refractivity contribution >= 4 is 11.9 Å². The van der Waals surface area contributed by atoms with Crippen molar-refractivity contribution < 1.29 is 24.2 Å². The summed E-state index contributed by atoms with van der Waals surface area (Å²) in [5.41, 5.74) is 0.925. The van der Waals surface area contributed by atoms with Crippen LogP contribution in [0.4, 0.5) is 0 Å². The molecule has 2 atom stereocenters. The quantitative estimate of drug-likeness (QED) is 0.356. The van der Waals surface area contributed by atoms with E-state index in [0.29, 0.717) is 30.6 Å². The van der Waals surface area contributed by atoms with Crippen LogP contribution >= 0.6 is 0 Å². The molecule has 30 heavy (non-hydrogen) atoms. The van der Waals surface area contributed by atoms with Crippen molar-refractivity contribution in [2.24, 2.45) is 11.8 Å². The van der Waals surface area contributed by atoms with Gasteiger partial charge in [0.2, 0.25) is 0 Å². The van der Waals surface area contributed by atoms with Crippen LogP contribution in [0.5, 0.6) is 0 Å². The predicted molar refractivity (Wildman–Crippen MR) is 120 cm³/mol. The molecule has 0 aliphatic rings. The van der Waals surface area contributed by atoms with Crippen molar-refractivity contribution in [3.05, 3.63) is 34.9 Å². The van der Waals surface area contributed by atoms with E-state index in [2.05, 4.69) is 27.7 Å². The van der Waals surface area contributed by atoms with Gasteiger partial charge in [0, 0.05) is 0 Å². The van der Waals surface area contributed by atoms with E-state index in [0.717, 1.165) is 51.4 Å². The Morgan fingerprint density at radius 1 is 0.833 bits per heavy atom. The lowest BCUT2D eigenvalue weighted by Crippen LogP contribution is -2.19. The number of rotatable bonds is 15. The van der Waals surface area contributed by atoms with E-state index < -0.39 is 11.9 Å². The number of aliphatic hydroxyl groups is 1. The molecule has 170 valence electrons. The maximum Gasteiger partial charge on any atom is 0.339 e. The van der Waals surface area contributed by atoms with Crippen molar-refractivity contribution in [2.45, 2.75) is 85.7 Å². The highest BCUT2D eigenvalue weighted by Crippen LogP contribution is 2.19. The summed E-state index contributed by atoms with van der Waals surface area (Å²) in [6.45, 7) is 8.94. The summed E-state index contributed by atoms with van der Waals surface area (Å²) in [6, 6.07) is 4.71. The molecule has 1 N–H and O–H groups in total. The zero-order chi connectivity index (χ0) is 22.4. The third kappa shape index (κ3) is 8.86. The van der Waals surface area contributed by atoms with Gasteiger partial charge in [-0.15, -0.1) is 0 Å². The van der Waals surface area contributed by atoms with Crippen LogP contribution in [-0.2, 0) is 16.1 Å². The number of ether oxygens (including phenoxy) is 2. The van der Waals surface area contributed by atoms with Crippen LogP contribution in [0, 0.1) is 11.8 Å². The van der Waals surface area contributed by atoms with Gasteiger partial charge in [-0.05, 0) is 42.4 Å². The monoisotopic (exact) mass is 420 g/mol. The van der Waals surface area contributed by atoms with E-state index in [1.807, 2.05) is 0 Å². The minimum atomic E-state index is -0.537. The topological polar surface area (TPSA) is 72.8 Å². The van der Waals surface area contributed by atoms with Crippen LogP contribution in [0.3, 0.4) is 0 Å². The molecular weight excluding hydrogens is 380 g/mol. The standard InChI is InChI=1S/C25H40O5/c1-5-9-11-19(7-3)17-29-24(27)22-14-13-21(16-26)15-23(22)25(28)30-18-20(8-4)12-10-6-2/h13-15,19-20,26H,5-12,16-18H2,1-4H3. The molecule has 0 aromatic heterocycles. The highest BCUT2D eigenvalue weighted by molar-refractivity contribution is 6.03. The molecule has 0 bridgehead atoms. The molecule has 0 fully saturated rings. The van der Waals surface area contributed by atoms with Crippen molar-refractivity contribution in [3.8, 4) is 0 Å². The van der Waals surface area contributed by atoms with Gasteiger partial charge in [0.15, 0.2) is 0 Å². The predicted octanol–water partition coefficient (Wildman–Crippen LogP) is 5.93. The summed E-state index contributed by atoms with van der Waals surface area (Å²) in [5, 5.41) is 9.45. The van der Waals surface area contributed by atoms with Crippen molar-refractivity contribution in [1.82, 2.24) is 0 Å². The van der Waals surface area contributed by atoms with Gasteiger partial charge in [-0.3, -0.25) is 0 Å². The average molecular weight is 421 g/mol. The SMILES string of the molecule is CCCCC(CC)COC(=O)c1ccc(CO)cc1C(=O)OCC(CC)CCCC. The van der Waals surface area contributed by atoms with Gasteiger partial charge < -0.3 is 14.6 Å². The molecule has 1 rings (SSSR count). The number of aliphatic hydroxyl groups excluding tert-OH is 1. The fourth-order valence-corrected chi connectivity index (χ4v) is 3.38. The van der Waals surface area contributed by atoms with Gasteiger partial charge in [-0.25, -0.2) is 9.59 Å². The maximum atomic E-state index is 12.8. The third-order valence-corrected chi connectivity index (χ3v) is 5.69. The first-order valence-electron chi connectivity index (χ1n) is 11.6. The number of hydrogen-bond donors (Lipinski definition) is 1. The van der Waals surface area contributed by atoms with E-state index in [-0.39, 0.29) is 17.7 Å². The van der Waals surface area contributed by atoms with Crippen LogP contribution in [0.25, 0.3) is 0 Å². The molecule has 1 aromatic carbocycles. The number of esters is 2. The Morgan fingerprint density at radius 3 is 1.77 bits per heavy atom. The highest BCUT2D eigenvalue weighted by Gasteiger charge is 2.22. The molecule has 0 aliphatic heterocycles. The van der Waals surface area contributed by atoms with Gasteiger partial charge in [-0.1, -0.05) is 72.3 Å². The molecule has 0 saturated heterocycles. The van der Waals surface area contributed by atoms with Crippen LogP contribution in [0.2, 0.25) is 0 Å². The lowest BCUT2D eigenvalue weighted by Gasteiger charge is -2.17. The fourth-order valence-electron chi connectivity index (χ4n) is 3.38. The summed E-state index contributed by atoms with van der Waals surface area (Å²) in [5.74, 6) is -0.413. The van der Waals surface area contributed by atoms with E-state index >= 15 is 0 Å². The first-order chi connectivity index (χ1) is 14.5. The third-order valence-electron chi connectivity index (χ3n) is 5.69. The molecule has 0 heterocycles. The molecule has 0 aliphatic carbocycles. The summed E-state index contributed by atoms with van der Waals surface area (Å²) in [6.07, 6.45) is 8.35. The van der Waals surface area contributed by atoms with Gasteiger partial charge in [0.1, 0.15) is 0 Å². The summed E-state index contributed by atoms with van der Waals surface area (Å²) in [7, 11) is 0. The Labute approximate surface area is 182 Å². The normalized spacial score (nSPS) is 13.0. The van der Waals surface area contributed by atoms with Crippen LogP contribution in [0.1, 0.15) is 105 Å². The Bertz CT molecular complexity index is 640. The number of benzene rings is 1. The molecule has 5 heteroatoms. The van der Waals surface area contributed by atoms with Gasteiger partial charge in [0.05, 0.1) is 30.9 Å². The summed E-state index contributed by atoms with van der Waals surface area (Å²) >= 11 is 0. The zero-order valence-electron chi connectivity index (χ0n) is 19.2. The van der Waals surface area contributed by atoms with Crippen molar-refractivity contribution in [1.29, 1.82) is 0 Å². The lowest BCUT2D eigenvalue weighted by molar-refractivity contribution is 0.0381. The number of unbranched alkanes of at least 4 members (excludes halogenated alkanes) is 2. The lowest BCUT2D eigenvalue weighted by atomic mass is 10.00. The summed E-state index contributed by atoms with van der Waals surface area (Å²) < 4.78 is 11.1. The highest BCUT2D eigenvalue weighted by atomic mass is 16.5. The molecule has 0 saturated carbocycles. The second kappa shape index (κ2) is 15.0. The minimum Gasteiger partial charge on any atom is -0.462 e. The maximum absolute atomic E-state index is 12.8. The van der Waals surface area contributed by atoms with Gasteiger partial charge >= 0.3 is 11.9 Å². The molecule has 5 nitrogen and oxygen atoms in total. The second-order valence-electron chi connectivity index (χ2n) is 8.07. The molecule has 0 spiro atoms. The Hall–Kier alpha value is -1.88. The molecule has 1 aromatic rings. The van der Waals surface area contributed by atoms with E-state index in [1.54, 1.807) is 12.1 Å². The largest absolute Gasteiger partial charge is 0.462 e. The van der Waals surface area contributed by atoms with E-state index in [4.69, 9.17) is 9.47 Å². The summed E-state index contributed by atoms with van der Waals surface area (Å²) in [4.78, 5) is 25.5. The van der Waals surface area contributed by atoms with Crippen molar-refractivity contribution in [2.75, 3.05) is 13.2 Å². The molecule has 0 amide bonds. The smallest absolute Gasteiger partial charge is 0.339 e. The average Bonchev–Trinajstić information content (AvgIpc) is 2.78. The molecular formula is C25H40O5. The van der Waals surface area contributed by atoms with Gasteiger partial charge in [-0.2, -0.15) is 0 Å². The first kappa shape index (κ1) is 26.2. The van der Waals surface area contributed by atoms with Gasteiger partial charge in [0.25, 0.3) is 0 Å². The Kier molecular flexibility index (Phi) is 13.1. The van der Waals surface area contributed by atoms with Crippen molar-refractivity contribution in [3.63, 3.8) is 0 Å². The van der Waals surface area contributed by atoms with Crippen LogP contribution < -0.4 is 0 Å². The van der Waals surface area contributed by atoms with Crippen LogP contribution in [-0.4, -0.2) is 30.3 Å². The van der Waals surface area contributed by atoms with E-state index in [9.17, 15) is 14.7 Å². The number of carbonyl (C=O) groups excluding carboxylic acids is 2. The fraction of sp³-hybridized carbons (Fsp3) is 0.680. The van der Waals surface area contributed by atoms with E-state index in [1.165, 1.54) is 6.07 Å². The number of hydrogen-bond acceptors (Lipinski definition) is 5. The zero-order valence-corrected chi connectivity index (χ0v) is 19.2. The molecule has 0 radical (unpaired) electrons. The first-order valence-corrected chi connectivity index (χ1v) is 11.6.